The molecule has 2 atom stereocenters. The summed E-state index contributed by atoms with van der Waals surface area (Å²) >= 11 is 0. The van der Waals surface area contributed by atoms with Crippen LogP contribution in [-0.4, -0.2) is 36.2 Å². The Bertz CT molecular complexity index is 281. The number of amidine groups is 1. The van der Waals surface area contributed by atoms with Gasteiger partial charge in [-0.05, 0) is 26.2 Å². The average Bonchev–Trinajstić information content (AvgIpc) is 2.75. The highest BCUT2D eigenvalue weighted by Gasteiger charge is 2.27. The van der Waals surface area contributed by atoms with Gasteiger partial charge in [0.15, 0.2) is 0 Å². The van der Waals surface area contributed by atoms with Gasteiger partial charge in [0.05, 0.1) is 18.6 Å². The minimum Gasteiger partial charge on any atom is -0.409 e. The first kappa shape index (κ1) is 13.8. The van der Waals surface area contributed by atoms with Gasteiger partial charge in [0.25, 0.3) is 0 Å². The normalized spacial score (nSPS) is 24.9. The first-order valence-corrected chi connectivity index (χ1v) is 5.99. The van der Waals surface area contributed by atoms with E-state index >= 15 is 0 Å². The van der Waals surface area contributed by atoms with Crippen molar-refractivity contribution in [3.05, 3.63) is 0 Å². The number of unbranched alkanes of at least 4 members (excludes halogenated alkanes) is 1. The van der Waals surface area contributed by atoms with Gasteiger partial charge in [-0.1, -0.05) is 5.16 Å². The highest BCUT2D eigenvalue weighted by molar-refractivity contribution is 5.79. The molecule has 1 aliphatic heterocycles. The first-order chi connectivity index (χ1) is 8.13. The van der Waals surface area contributed by atoms with E-state index < -0.39 is 0 Å². The molecule has 1 rings (SSSR count). The van der Waals surface area contributed by atoms with Crippen LogP contribution < -0.4 is 11.1 Å². The fourth-order valence-corrected chi connectivity index (χ4v) is 1.84. The SMILES string of the molecule is CC1CC(C(=O)NCCCCC(N)=NO)CO1. The van der Waals surface area contributed by atoms with Gasteiger partial charge in [-0.25, -0.2) is 0 Å². The third-order valence-corrected chi connectivity index (χ3v) is 2.86. The van der Waals surface area contributed by atoms with Gasteiger partial charge in [-0.2, -0.15) is 0 Å². The number of rotatable bonds is 6. The highest BCUT2D eigenvalue weighted by Crippen LogP contribution is 2.18. The Labute approximate surface area is 101 Å². The highest BCUT2D eigenvalue weighted by atomic mass is 16.5. The molecule has 1 heterocycles. The van der Waals surface area contributed by atoms with Gasteiger partial charge in [0.2, 0.25) is 5.91 Å². The summed E-state index contributed by atoms with van der Waals surface area (Å²) < 4.78 is 5.34. The molecule has 2 unspecified atom stereocenters. The van der Waals surface area contributed by atoms with Crippen LogP contribution in [0.2, 0.25) is 0 Å². The second-order valence-corrected chi connectivity index (χ2v) is 4.42. The predicted octanol–water partition coefficient (Wildman–Crippen LogP) is 0.444. The molecular weight excluding hydrogens is 222 g/mol. The van der Waals surface area contributed by atoms with Crippen LogP contribution in [0, 0.1) is 5.92 Å². The largest absolute Gasteiger partial charge is 0.409 e. The summed E-state index contributed by atoms with van der Waals surface area (Å²) in [4.78, 5) is 11.7. The lowest BCUT2D eigenvalue weighted by molar-refractivity contribution is -0.124. The lowest BCUT2D eigenvalue weighted by Gasteiger charge is -2.09. The zero-order valence-corrected chi connectivity index (χ0v) is 10.2. The number of carbonyl (C=O) groups is 1. The number of amides is 1. The van der Waals surface area contributed by atoms with Gasteiger partial charge in [-0.3, -0.25) is 4.79 Å². The minimum absolute atomic E-state index is 0.00549. The molecule has 0 aromatic rings. The molecule has 0 aromatic carbocycles. The van der Waals surface area contributed by atoms with E-state index in [2.05, 4.69) is 10.5 Å². The molecule has 0 aromatic heterocycles. The number of oxime groups is 1. The summed E-state index contributed by atoms with van der Waals surface area (Å²) in [6.07, 6.45) is 3.16. The van der Waals surface area contributed by atoms with Gasteiger partial charge >= 0.3 is 0 Å². The van der Waals surface area contributed by atoms with E-state index in [1.165, 1.54) is 0 Å². The summed E-state index contributed by atoms with van der Waals surface area (Å²) in [5.74, 6) is 0.293. The van der Waals surface area contributed by atoms with Crippen molar-refractivity contribution in [2.45, 2.75) is 38.7 Å². The molecule has 1 fully saturated rings. The van der Waals surface area contributed by atoms with Crippen molar-refractivity contribution in [2.75, 3.05) is 13.2 Å². The van der Waals surface area contributed by atoms with Crippen LogP contribution in [-0.2, 0) is 9.53 Å². The summed E-state index contributed by atoms with van der Waals surface area (Å²) in [7, 11) is 0. The molecule has 0 bridgehead atoms. The second kappa shape index (κ2) is 7.11. The maximum Gasteiger partial charge on any atom is 0.225 e. The molecule has 0 spiro atoms. The Balaban J connectivity index is 2.04. The number of hydrogen-bond donors (Lipinski definition) is 3. The Morgan fingerprint density at radius 3 is 2.94 bits per heavy atom. The average molecular weight is 243 g/mol. The molecule has 1 saturated heterocycles. The molecule has 98 valence electrons. The summed E-state index contributed by atoms with van der Waals surface area (Å²) in [5.41, 5.74) is 5.33. The van der Waals surface area contributed by atoms with Crippen LogP contribution in [0.25, 0.3) is 0 Å². The Morgan fingerprint density at radius 2 is 2.35 bits per heavy atom. The van der Waals surface area contributed by atoms with E-state index in [1.807, 2.05) is 6.92 Å². The van der Waals surface area contributed by atoms with Gasteiger partial charge in [-0.15, -0.1) is 0 Å². The van der Waals surface area contributed by atoms with Crippen LogP contribution in [0.1, 0.15) is 32.6 Å². The van der Waals surface area contributed by atoms with Crippen molar-refractivity contribution in [1.82, 2.24) is 5.32 Å². The number of hydrogen-bond acceptors (Lipinski definition) is 4. The summed E-state index contributed by atoms with van der Waals surface area (Å²) in [6.45, 7) is 3.13. The lowest BCUT2D eigenvalue weighted by atomic mass is 10.1. The van der Waals surface area contributed by atoms with E-state index in [0.29, 0.717) is 19.6 Å². The zero-order valence-electron chi connectivity index (χ0n) is 10.2. The van der Waals surface area contributed by atoms with Crippen LogP contribution in [0.5, 0.6) is 0 Å². The maximum absolute atomic E-state index is 11.7. The third-order valence-electron chi connectivity index (χ3n) is 2.86. The van der Waals surface area contributed by atoms with E-state index in [4.69, 9.17) is 15.7 Å². The fourth-order valence-electron chi connectivity index (χ4n) is 1.84. The number of nitrogens with one attached hydrogen (secondary N) is 1. The Hall–Kier alpha value is -1.30. The van der Waals surface area contributed by atoms with Crippen molar-refractivity contribution in [3.63, 3.8) is 0 Å². The number of nitrogens with zero attached hydrogens (tertiary/aromatic N) is 1. The molecular formula is C11H21N3O3. The molecule has 0 aliphatic carbocycles. The van der Waals surface area contributed by atoms with Crippen molar-refractivity contribution < 1.29 is 14.7 Å². The topological polar surface area (TPSA) is 96.9 Å². The maximum atomic E-state index is 11.7. The van der Waals surface area contributed by atoms with E-state index in [9.17, 15) is 4.79 Å². The molecule has 4 N–H and O–H groups in total. The first-order valence-electron chi connectivity index (χ1n) is 5.99. The van der Waals surface area contributed by atoms with E-state index in [-0.39, 0.29) is 23.8 Å². The molecule has 1 amide bonds. The lowest BCUT2D eigenvalue weighted by Crippen LogP contribution is -2.31. The molecule has 0 saturated carbocycles. The molecule has 6 nitrogen and oxygen atoms in total. The second-order valence-electron chi connectivity index (χ2n) is 4.42. The predicted molar refractivity (Wildman–Crippen MR) is 63.8 cm³/mol. The molecule has 17 heavy (non-hydrogen) atoms. The van der Waals surface area contributed by atoms with Crippen molar-refractivity contribution >= 4 is 11.7 Å². The van der Waals surface area contributed by atoms with Crippen molar-refractivity contribution in [2.24, 2.45) is 16.8 Å². The quantitative estimate of drug-likeness (QED) is 0.207. The number of nitrogens with two attached hydrogens (primary N) is 1. The van der Waals surface area contributed by atoms with Gasteiger partial charge in [0, 0.05) is 13.0 Å². The summed E-state index contributed by atoms with van der Waals surface area (Å²) in [5, 5.41) is 14.1. The van der Waals surface area contributed by atoms with Gasteiger partial charge < -0.3 is 21.0 Å². The van der Waals surface area contributed by atoms with Crippen LogP contribution >= 0.6 is 0 Å². The number of ether oxygens (including phenoxy) is 1. The molecule has 1 aliphatic rings. The minimum atomic E-state index is -0.00549. The van der Waals surface area contributed by atoms with Crippen molar-refractivity contribution in [3.8, 4) is 0 Å². The standard InChI is InChI=1S/C11H21N3O3/c1-8-6-9(7-17-8)11(15)13-5-3-2-4-10(12)14-16/h8-9,16H,2-7H2,1H3,(H2,12,14)(H,13,15). The molecule has 0 radical (unpaired) electrons. The third kappa shape index (κ3) is 5.04. The Morgan fingerprint density at radius 1 is 1.59 bits per heavy atom. The Kier molecular flexibility index (Phi) is 5.76. The summed E-state index contributed by atoms with van der Waals surface area (Å²) in [6, 6.07) is 0. The van der Waals surface area contributed by atoms with Crippen LogP contribution in [0.4, 0.5) is 0 Å². The van der Waals surface area contributed by atoms with Crippen LogP contribution in [0.3, 0.4) is 0 Å². The monoisotopic (exact) mass is 243 g/mol. The smallest absolute Gasteiger partial charge is 0.225 e. The van der Waals surface area contributed by atoms with E-state index in [1.54, 1.807) is 0 Å². The van der Waals surface area contributed by atoms with Gasteiger partial charge in [0.1, 0.15) is 5.84 Å². The fraction of sp³-hybridized carbons (Fsp3) is 0.818. The van der Waals surface area contributed by atoms with E-state index in [0.717, 1.165) is 19.3 Å². The zero-order chi connectivity index (χ0) is 12.7. The van der Waals surface area contributed by atoms with Crippen molar-refractivity contribution in [1.29, 1.82) is 0 Å². The number of carbonyl (C=O) groups excluding carboxylic acids is 1. The van der Waals surface area contributed by atoms with Crippen LogP contribution in [0.15, 0.2) is 5.16 Å². The molecule has 6 heteroatoms.